The van der Waals surface area contributed by atoms with Gasteiger partial charge in [-0.25, -0.2) is 4.79 Å². The molecule has 1 aromatic carbocycles. The third kappa shape index (κ3) is 4.44. The molecule has 0 heterocycles. The zero-order chi connectivity index (χ0) is 15.1. The first-order valence-electron chi connectivity index (χ1n) is 7.38. The number of carbonyl (C=O) groups excluding carboxylic acids is 1. The summed E-state index contributed by atoms with van der Waals surface area (Å²) in [5, 5.41) is 0. The average molecular weight is 293 g/mol. The third-order valence-electron chi connectivity index (χ3n) is 3.54. The van der Waals surface area contributed by atoms with Crippen molar-refractivity contribution in [2.24, 2.45) is 11.7 Å². The molecule has 0 aliphatic heterocycles. The van der Waals surface area contributed by atoms with Crippen molar-refractivity contribution in [1.82, 2.24) is 0 Å². The Morgan fingerprint density at radius 3 is 2.62 bits per heavy atom. The monoisotopic (exact) mass is 293 g/mol. The number of hydrogen-bond acceptors (Lipinski definition) is 5. The van der Waals surface area contributed by atoms with Crippen LogP contribution in [0.1, 0.15) is 19.8 Å². The van der Waals surface area contributed by atoms with Gasteiger partial charge in [-0.1, -0.05) is 18.2 Å². The number of hydrogen-bond donors (Lipinski definition) is 1. The fourth-order valence-electron chi connectivity index (χ4n) is 2.18. The largest absolute Gasteiger partial charge is 0.491 e. The molecule has 1 aliphatic carbocycles. The van der Waals surface area contributed by atoms with Crippen LogP contribution in [-0.4, -0.2) is 37.9 Å². The Labute approximate surface area is 125 Å². The van der Waals surface area contributed by atoms with Gasteiger partial charge in [0.05, 0.1) is 19.8 Å². The minimum absolute atomic E-state index is 0.173. The second-order valence-electron chi connectivity index (χ2n) is 5.25. The topological polar surface area (TPSA) is 70.8 Å². The number of benzene rings is 1. The molecule has 116 valence electrons. The van der Waals surface area contributed by atoms with Crippen molar-refractivity contribution in [3.63, 3.8) is 0 Å². The summed E-state index contributed by atoms with van der Waals surface area (Å²) in [6.45, 7) is 3.10. The standard InChI is InChI=1S/C16H23NO4/c1-2-20-15(18)16(17,13-8-9-13)12-19-10-11-21-14-6-4-3-5-7-14/h3-7,13H,2,8-12,17H2,1H3. The van der Waals surface area contributed by atoms with Gasteiger partial charge in [0.1, 0.15) is 17.9 Å². The number of ether oxygens (including phenoxy) is 3. The van der Waals surface area contributed by atoms with Crippen LogP contribution in [0.25, 0.3) is 0 Å². The van der Waals surface area contributed by atoms with E-state index in [2.05, 4.69) is 0 Å². The number of carbonyl (C=O) groups is 1. The molecular weight excluding hydrogens is 270 g/mol. The van der Waals surface area contributed by atoms with Crippen LogP contribution in [0, 0.1) is 5.92 Å². The van der Waals surface area contributed by atoms with Crippen molar-refractivity contribution in [2.75, 3.05) is 26.4 Å². The van der Waals surface area contributed by atoms with Gasteiger partial charge in [0.15, 0.2) is 0 Å². The van der Waals surface area contributed by atoms with Crippen LogP contribution in [0.3, 0.4) is 0 Å². The second kappa shape index (κ2) is 7.43. The van der Waals surface area contributed by atoms with E-state index in [4.69, 9.17) is 19.9 Å². The first kappa shape index (κ1) is 15.8. The van der Waals surface area contributed by atoms with Crippen LogP contribution >= 0.6 is 0 Å². The minimum atomic E-state index is -1.01. The molecule has 1 unspecified atom stereocenters. The lowest BCUT2D eigenvalue weighted by Gasteiger charge is -2.26. The van der Waals surface area contributed by atoms with Crippen molar-refractivity contribution in [2.45, 2.75) is 25.3 Å². The molecule has 0 amide bonds. The summed E-state index contributed by atoms with van der Waals surface area (Å²) in [6, 6.07) is 9.52. The van der Waals surface area contributed by atoms with Gasteiger partial charge >= 0.3 is 5.97 Å². The highest BCUT2D eigenvalue weighted by Crippen LogP contribution is 2.39. The van der Waals surface area contributed by atoms with Gasteiger partial charge < -0.3 is 19.9 Å². The predicted octanol–water partition coefficient (Wildman–Crippen LogP) is 1.75. The Balaban J connectivity index is 1.71. The second-order valence-corrected chi connectivity index (χ2v) is 5.25. The van der Waals surface area contributed by atoms with Gasteiger partial charge in [-0.2, -0.15) is 0 Å². The Morgan fingerprint density at radius 2 is 2.00 bits per heavy atom. The van der Waals surface area contributed by atoms with Gasteiger partial charge in [0, 0.05) is 0 Å². The van der Waals surface area contributed by atoms with Crippen molar-refractivity contribution in [1.29, 1.82) is 0 Å². The minimum Gasteiger partial charge on any atom is -0.491 e. The fraction of sp³-hybridized carbons (Fsp3) is 0.562. The fourth-order valence-corrected chi connectivity index (χ4v) is 2.18. The maximum atomic E-state index is 12.0. The molecule has 2 N–H and O–H groups in total. The van der Waals surface area contributed by atoms with E-state index in [0.29, 0.717) is 19.8 Å². The summed E-state index contributed by atoms with van der Waals surface area (Å²) < 4.78 is 16.1. The molecule has 1 saturated carbocycles. The van der Waals surface area contributed by atoms with E-state index in [1.807, 2.05) is 30.3 Å². The molecule has 2 rings (SSSR count). The molecule has 0 aromatic heterocycles. The molecule has 1 aliphatic rings. The first-order valence-corrected chi connectivity index (χ1v) is 7.38. The van der Waals surface area contributed by atoms with Crippen LogP contribution in [0.15, 0.2) is 30.3 Å². The van der Waals surface area contributed by atoms with E-state index in [1.54, 1.807) is 6.92 Å². The van der Waals surface area contributed by atoms with E-state index in [0.717, 1.165) is 18.6 Å². The molecule has 5 heteroatoms. The summed E-state index contributed by atoms with van der Waals surface area (Å²) in [7, 11) is 0. The number of rotatable bonds is 9. The summed E-state index contributed by atoms with van der Waals surface area (Å²) in [6.07, 6.45) is 1.92. The molecule has 1 atom stereocenters. The van der Waals surface area contributed by atoms with Crippen LogP contribution in [0.5, 0.6) is 5.75 Å². The van der Waals surface area contributed by atoms with Crippen LogP contribution in [0.4, 0.5) is 0 Å². The lowest BCUT2D eigenvalue weighted by atomic mass is 9.96. The number of nitrogens with two attached hydrogens (primary N) is 1. The Morgan fingerprint density at radius 1 is 1.29 bits per heavy atom. The highest BCUT2D eigenvalue weighted by atomic mass is 16.5. The zero-order valence-electron chi connectivity index (χ0n) is 12.4. The van der Waals surface area contributed by atoms with Crippen LogP contribution in [-0.2, 0) is 14.3 Å². The molecule has 5 nitrogen and oxygen atoms in total. The summed E-state index contributed by atoms with van der Waals surface area (Å²) in [5.74, 6) is 0.607. The average Bonchev–Trinajstić information content (AvgIpc) is 3.33. The van der Waals surface area contributed by atoms with Gasteiger partial charge in [-0.3, -0.25) is 0 Å². The Hall–Kier alpha value is -1.59. The van der Waals surface area contributed by atoms with E-state index in [1.165, 1.54) is 0 Å². The summed E-state index contributed by atoms with van der Waals surface area (Å²) in [5.41, 5.74) is 5.17. The van der Waals surface area contributed by atoms with Gasteiger partial charge in [-0.15, -0.1) is 0 Å². The molecule has 0 bridgehead atoms. The molecule has 21 heavy (non-hydrogen) atoms. The molecule has 1 fully saturated rings. The quantitative estimate of drug-likeness (QED) is 0.555. The summed E-state index contributed by atoms with van der Waals surface area (Å²) >= 11 is 0. The smallest absolute Gasteiger partial charge is 0.328 e. The zero-order valence-corrected chi connectivity index (χ0v) is 12.4. The van der Waals surface area contributed by atoms with Crippen molar-refractivity contribution in [3.05, 3.63) is 30.3 Å². The summed E-state index contributed by atoms with van der Waals surface area (Å²) in [4.78, 5) is 12.0. The molecule has 0 saturated heterocycles. The Kier molecular flexibility index (Phi) is 5.59. The molecule has 1 aromatic rings. The van der Waals surface area contributed by atoms with Gasteiger partial charge in [0.2, 0.25) is 0 Å². The van der Waals surface area contributed by atoms with Crippen molar-refractivity contribution < 1.29 is 19.0 Å². The first-order chi connectivity index (χ1) is 10.2. The Bertz CT molecular complexity index is 447. The van der Waals surface area contributed by atoms with Gasteiger partial charge in [-0.05, 0) is 37.8 Å². The normalized spacial score (nSPS) is 17.0. The maximum Gasteiger partial charge on any atom is 0.328 e. The van der Waals surface area contributed by atoms with E-state index in [9.17, 15) is 4.79 Å². The van der Waals surface area contributed by atoms with E-state index >= 15 is 0 Å². The van der Waals surface area contributed by atoms with Crippen LogP contribution < -0.4 is 10.5 Å². The highest BCUT2D eigenvalue weighted by Gasteiger charge is 2.49. The van der Waals surface area contributed by atoms with Crippen molar-refractivity contribution in [3.8, 4) is 5.75 Å². The van der Waals surface area contributed by atoms with E-state index in [-0.39, 0.29) is 18.5 Å². The predicted molar refractivity (Wildman–Crippen MR) is 79.0 cm³/mol. The lowest BCUT2D eigenvalue weighted by molar-refractivity contribution is -0.153. The third-order valence-corrected chi connectivity index (χ3v) is 3.54. The maximum absolute atomic E-state index is 12.0. The lowest BCUT2D eigenvalue weighted by Crippen LogP contribution is -2.55. The van der Waals surface area contributed by atoms with E-state index < -0.39 is 5.54 Å². The van der Waals surface area contributed by atoms with Gasteiger partial charge in [0.25, 0.3) is 0 Å². The van der Waals surface area contributed by atoms with Crippen molar-refractivity contribution >= 4 is 5.97 Å². The highest BCUT2D eigenvalue weighted by molar-refractivity contribution is 5.81. The molecule has 0 spiro atoms. The number of para-hydroxylation sites is 1. The molecule has 0 radical (unpaired) electrons. The SMILES string of the molecule is CCOC(=O)C(N)(COCCOc1ccccc1)C1CC1. The van der Waals surface area contributed by atoms with Crippen LogP contribution in [0.2, 0.25) is 0 Å². The number of esters is 1. The molecular formula is C16H23NO4.